The van der Waals surface area contributed by atoms with E-state index in [1.807, 2.05) is 0 Å². The van der Waals surface area contributed by atoms with Gasteiger partial charge in [-0.3, -0.25) is 0 Å². The average Bonchev–Trinajstić information content (AvgIpc) is 3.89. The summed E-state index contributed by atoms with van der Waals surface area (Å²) >= 11 is 0. The Morgan fingerprint density at radius 1 is 0.345 bits per heavy atom. The molecule has 0 saturated carbocycles. The lowest BCUT2D eigenvalue weighted by atomic mass is 9.70. The van der Waals surface area contributed by atoms with Crippen molar-refractivity contribution in [2.24, 2.45) is 0 Å². The van der Waals surface area contributed by atoms with Crippen LogP contribution in [0.5, 0.6) is 0 Å². The number of hydrogen-bond acceptors (Lipinski definition) is 2. The van der Waals surface area contributed by atoms with Crippen molar-refractivity contribution in [3.05, 3.63) is 222 Å². The number of para-hydroxylation sites is 1. The first-order valence-electron chi connectivity index (χ1n) is 19.0. The third-order valence-corrected chi connectivity index (χ3v) is 12.1. The summed E-state index contributed by atoms with van der Waals surface area (Å²) < 4.78 is 6.58. The maximum absolute atomic E-state index is 6.58. The maximum Gasteiger partial charge on any atom is 0.137 e. The molecular formula is C53H33NO. The van der Waals surface area contributed by atoms with Crippen LogP contribution in [-0.4, -0.2) is 0 Å². The van der Waals surface area contributed by atoms with E-state index in [0.29, 0.717) is 0 Å². The zero-order valence-corrected chi connectivity index (χ0v) is 29.9. The first-order valence-corrected chi connectivity index (χ1v) is 19.0. The predicted molar refractivity (Wildman–Crippen MR) is 228 cm³/mol. The fourth-order valence-corrected chi connectivity index (χ4v) is 10.00. The van der Waals surface area contributed by atoms with Crippen LogP contribution in [0.15, 0.2) is 205 Å². The van der Waals surface area contributed by atoms with Crippen molar-refractivity contribution in [3.8, 4) is 33.4 Å². The lowest BCUT2D eigenvalue weighted by Gasteiger charge is -2.33. The number of fused-ring (bicyclic) bond motifs is 14. The number of benzene rings is 9. The van der Waals surface area contributed by atoms with Gasteiger partial charge in [0.15, 0.2) is 0 Å². The maximum atomic E-state index is 6.58. The van der Waals surface area contributed by atoms with Crippen LogP contribution in [0.4, 0.5) is 17.1 Å². The van der Waals surface area contributed by atoms with E-state index in [-0.39, 0.29) is 0 Å². The van der Waals surface area contributed by atoms with Gasteiger partial charge in [-0.05, 0) is 85.6 Å². The van der Waals surface area contributed by atoms with Crippen LogP contribution in [0, 0.1) is 0 Å². The molecule has 0 aliphatic heterocycles. The largest absolute Gasteiger partial charge is 0.456 e. The van der Waals surface area contributed by atoms with Crippen molar-refractivity contribution in [1.29, 1.82) is 0 Å². The van der Waals surface area contributed by atoms with Crippen LogP contribution in [0.1, 0.15) is 22.3 Å². The van der Waals surface area contributed by atoms with Gasteiger partial charge in [-0.1, -0.05) is 170 Å². The Morgan fingerprint density at radius 3 is 1.67 bits per heavy atom. The van der Waals surface area contributed by atoms with Gasteiger partial charge in [-0.25, -0.2) is 0 Å². The van der Waals surface area contributed by atoms with E-state index in [2.05, 4.69) is 205 Å². The standard InChI is InChI=1S/C53H33NO/c1-2-17-35(18-3-1)50-36-19-5-4-16-34(36)32-33-47(50)54(46-29-15-31-49-52(46)40-23-9-13-30-48(40)55-49)45-28-14-27-44-51(45)39-22-8-12-26-43(39)53(44)41-24-10-6-20-37(41)38-21-7-11-25-42(38)53/h1-33H. The van der Waals surface area contributed by atoms with Crippen molar-refractivity contribution < 1.29 is 4.42 Å². The minimum Gasteiger partial charge on any atom is -0.456 e. The summed E-state index contributed by atoms with van der Waals surface area (Å²) in [5.74, 6) is 0. The molecule has 10 aromatic rings. The number of nitrogens with zero attached hydrogens (tertiary/aromatic N) is 1. The molecular weight excluding hydrogens is 667 g/mol. The van der Waals surface area contributed by atoms with E-state index < -0.39 is 5.41 Å². The third kappa shape index (κ3) is 4.03. The molecule has 0 N–H and O–H groups in total. The molecule has 0 radical (unpaired) electrons. The summed E-state index contributed by atoms with van der Waals surface area (Å²) in [7, 11) is 0. The Balaban J connectivity index is 1.25. The van der Waals surface area contributed by atoms with Gasteiger partial charge in [0, 0.05) is 16.5 Å². The van der Waals surface area contributed by atoms with Crippen molar-refractivity contribution in [3.63, 3.8) is 0 Å². The Kier molecular flexibility index (Phi) is 6.29. The fraction of sp³-hybridized carbons (Fsp3) is 0.0189. The smallest absolute Gasteiger partial charge is 0.137 e. The molecule has 2 aliphatic carbocycles. The van der Waals surface area contributed by atoms with E-state index in [9.17, 15) is 0 Å². The Hall–Kier alpha value is -7.16. The molecule has 0 fully saturated rings. The number of rotatable bonds is 4. The molecule has 1 spiro atoms. The highest BCUT2D eigenvalue weighted by atomic mass is 16.3. The van der Waals surface area contributed by atoms with Gasteiger partial charge in [0.05, 0.1) is 27.9 Å². The Morgan fingerprint density at radius 2 is 0.891 bits per heavy atom. The van der Waals surface area contributed by atoms with E-state index in [1.165, 1.54) is 66.4 Å². The molecule has 2 heteroatoms. The highest BCUT2D eigenvalue weighted by Crippen LogP contribution is 2.65. The summed E-state index contributed by atoms with van der Waals surface area (Å²) in [5, 5.41) is 4.62. The number of furan rings is 1. The lowest BCUT2D eigenvalue weighted by Crippen LogP contribution is -2.26. The minimum absolute atomic E-state index is 0.458. The van der Waals surface area contributed by atoms with Crippen LogP contribution in [-0.2, 0) is 5.41 Å². The molecule has 1 heterocycles. The van der Waals surface area contributed by atoms with Crippen LogP contribution in [0.25, 0.3) is 66.1 Å². The van der Waals surface area contributed by atoms with Crippen LogP contribution in [0.3, 0.4) is 0 Å². The SMILES string of the molecule is c1ccc(-c2c(N(c3cccc4c3-c3ccccc3C43c4ccccc4-c4ccccc43)c3cccc4oc5ccccc5c34)ccc3ccccc23)cc1. The summed E-state index contributed by atoms with van der Waals surface area (Å²) in [6.45, 7) is 0. The molecule has 9 aromatic carbocycles. The van der Waals surface area contributed by atoms with E-state index >= 15 is 0 Å². The predicted octanol–water partition coefficient (Wildman–Crippen LogP) is 14.2. The highest BCUT2D eigenvalue weighted by molar-refractivity contribution is 6.16. The van der Waals surface area contributed by atoms with E-state index in [1.54, 1.807) is 0 Å². The van der Waals surface area contributed by atoms with Crippen molar-refractivity contribution in [2.75, 3.05) is 4.90 Å². The first kappa shape index (κ1) is 30.3. The van der Waals surface area contributed by atoms with Gasteiger partial charge < -0.3 is 9.32 Å². The second-order valence-corrected chi connectivity index (χ2v) is 14.7. The molecule has 1 aromatic heterocycles. The monoisotopic (exact) mass is 699 g/mol. The first-order chi connectivity index (χ1) is 27.3. The summed E-state index contributed by atoms with van der Waals surface area (Å²) in [4.78, 5) is 2.53. The molecule has 2 aliphatic rings. The van der Waals surface area contributed by atoms with Gasteiger partial charge in [0.2, 0.25) is 0 Å². The zero-order chi connectivity index (χ0) is 36.1. The van der Waals surface area contributed by atoms with Gasteiger partial charge in [-0.2, -0.15) is 0 Å². The quantitative estimate of drug-likeness (QED) is 0.182. The van der Waals surface area contributed by atoms with E-state index in [0.717, 1.165) is 39.0 Å². The van der Waals surface area contributed by atoms with Crippen LogP contribution < -0.4 is 4.90 Å². The van der Waals surface area contributed by atoms with Gasteiger partial charge in [-0.15, -0.1) is 0 Å². The highest BCUT2D eigenvalue weighted by Gasteiger charge is 2.52. The minimum atomic E-state index is -0.458. The molecule has 0 amide bonds. The number of hydrogen-bond donors (Lipinski definition) is 0. The van der Waals surface area contributed by atoms with Gasteiger partial charge in [0.1, 0.15) is 11.2 Å². The van der Waals surface area contributed by atoms with Crippen molar-refractivity contribution in [1.82, 2.24) is 0 Å². The normalized spacial score (nSPS) is 13.2. The third-order valence-electron chi connectivity index (χ3n) is 12.1. The lowest BCUT2D eigenvalue weighted by molar-refractivity contribution is 0.669. The topological polar surface area (TPSA) is 16.4 Å². The molecule has 2 nitrogen and oxygen atoms in total. The molecule has 0 unspecified atom stereocenters. The Bertz CT molecular complexity index is 3120. The fourth-order valence-electron chi connectivity index (χ4n) is 10.00. The van der Waals surface area contributed by atoms with Crippen molar-refractivity contribution in [2.45, 2.75) is 5.41 Å². The van der Waals surface area contributed by atoms with Crippen LogP contribution in [0.2, 0.25) is 0 Å². The van der Waals surface area contributed by atoms with Gasteiger partial charge >= 0.3 is 0 Å². The summed E-state index contributed by atoms with van der Waals surface area (Å²) in [5.41, 5.74) is 17.4. The number of anilines is 3. The second kappa shape index (κ2) is 11.4. The van der Waals surface area contributed by atoms with Crippen molar-refractivity contribution >= 4 is 49.8 Å². The molecule has 0 atom stereocenters. The molecule has 0 saturated heterocycles. The summed E-state index contributed by atoms with van der Waals surface area (Å²) in [6, 6.07) is 73.3. The average molecular weight is 700 g/mol. The second-order valence-electron chi connectivity index (χ2n) is 14.7. The molecule has 55 heavy (non-hydrogen) atoms. The molecule has 0 bridgehead atoms. The summed E-state index contributed by atoms with van der Waals surface area (Å²) in [6.07, 6.45) is 0. The zero-order valence-electron chi connectivity index (χ0n) is 29.9. The van der Waals surface area contributed by atoms with Gasteiger partial charge in [0.25, 0.3) is 0 Å². The van der Waals surface area contributed by atoms with Crippen LogP contribution >= 0.6 is 0 Å². The molecule has 256 valence electrons. The van der Waals surface area contributed by atoms with E-state index in [4.69, 9.17) is 4.42 Å². The Labute approximate surface area is 319 Å². The molecule has 12 rings (SSSR count).